The van der Waals surface area contributed by atoms with E-state index in [1.807, 2.05) is 12.1 Å². The van der Waals surface area contributed by atoms with Crippen LogP contribution in [0.25, 0.3) is 0 Å². The summed E-state index contributed by atoms with van der Waals surface area (Å²) in [5.74, 6) is -3.33. The predicted octanol–water partition coefficient (Wildman–Crippen LogP) is 1.61. The fraction of sp³-hybridized carbons (Fsp3) is 0.222. The minimum absolute atomic E-state index is 0.355. The van der Waals surface area contributed by atoms with Gasteiger partial charge in [0.1, 0.15) is 11.7 Å². The number of carboxylic acids is 1. The van der Waals surface area contributed by atoms with Crippen molar-refractivity contribution < 1.29 is 19.4 Å². The van der Waals surface area contributed by atoms with E-state index in [0.29, 0.717) is 11.3 Å². The van der Waals surface area contributed by atoms with Gasteiger partial charge in [-0.3, -0.25) is 4.79 Å². The van der Waals surface area contributed by atoms with Crippen LogP contribution < -0.4 is 9.84 Å². The van der Waals surface area contributed by atoms with Gasteiger partial charge in [0, 0.05) is 0 Å². The third kappa shape index (κ3) is 2.86. The number of rotatable bonds is 4. The summed E-state index contributed by atoms with van der Waals surface area (Å²) < 4.78 is 5.26. The van der Waals surface area contributed by atoms with E-state index in [-0.39, 0.29) is 0 Å². The molecule has 0 heterocycles. The first kappa shape index (κ1) is 14.3. The van der Waals surface area contributed by atoms with Crippen LogP contribution in [0.15, 0.2) is 48.5 Å². The Morgan fingerprint density at radius 3 is 2.45 bits per heavy atom. The largest absolute Gasteiger partial charge is 0.549 e. The monoisotopic (exact) mass is 295 g/mol. The third-order valence-corrected chi connectivity index (χ3v) is 3.89. The molecule has 3 rings (SSSR count). The van der Waals surface area contributed by atoms with Crippen molar-refractivity contribution in [3.05, 3.63) is 65.2 Å². The molecular weight excluding hydrogens is 280 g/mol. The number of hydrogen-bond donors (Lipinski definition) is 0. The van der Waals surface area contributed by atoms with Crippen LogP contribution in [0.4, 0.5) is 0 Å². The van der Waals surface area contributed by atoms with Gasteiger partial charge in [-0.1, -0.05) is 36.4 Å². The first-order valence-electron chi connectivity index (χ1n) is 7.24. The zero-order chi connectivity index (χ0) is 15.5. The number of fused-ring (bicyclic) bond motifs is 1. The van der Waals surface area contributed by atoms with Crippen molar-refractivity contribution in [3.63, 3.8) is 0 Å². The maximum absolute atomic E-state index is 12.2. The highest BCUT2D eigenvalue weighted by atomic mass is 16.5. The van der Waals surface area contributed by atoms with Gasteiger partial charge in [-0.15, -0.1) is 0 Å². The zero-order valence-corrected chi connectivity index (χ0v) is 12.0. The summed E-state index contributed by atoms with van der Waals surface area (Å²) in [4.78, 5) is 23.5. The summed E-state index contributed by atoms with van der Waals surface area (Å²) in [5.41, 5.74) is 2.78. The molecule has 0 aliphatic heterocycles. The van der Waals surface area contributed by atoms with Gasteiger partial charge < -0.3 is 14.6 Å². The van der Waals surface area contributed by atoms with Crippen molar-refractivity contribution in [1.82, 2.24) is 0 Å². The summed E-state index contributed by atoms with van der Waals surface area (Å²) >= 11 is 0. The fourth-order valence-electron chi connectivity index (χ4n) is 2.80. The van der Waals surface area contributed by atoms with Crippen LogP contribution in [-0.4, -0.2) is 11.9 Å². The van der Waals surface area contributed by atoms with Crippen LogP contribution in [-0.2, 0) is 22.4 Å². The smallest absolute Gasteiger partial charge is 0.324 e. The molecule has 0 fully saturated rings. The number of ether oxygens (including phenoxy) is 1. The van der Waals surface area contributed by atoms with E-state index in [1.165, 1.54) is 5.56 Å². The Labute approximate surface area is 128 Å². The van der Waals surface area contributed by atoms with E-state index in [4.69, 9.17) is 4.74 Å². The van der Waals surface area contributed by atoms with Gasteiger partial charge >= 0.3 is 5.97 Å². The van der Waals surface area contributed by atoms with E-state index >= 15 is 0 Å². The molecule has 0 saturated carbocycles. The predicted molar refractivity (Wildman–Crippen MR) is 78.3 cm³/mol. The lowest BCUT2D eigenvalue weighted by molar-refractivity contribution is -0.307. The minimum atomic E-state index is -1.46. The highest BCUT2D eigenvalue weighted by molar-refractivity contribution is 5.99. The van der Waals surface area contributed by atoms with Crippen molar-refractivity contribution in [3.8, 4) is 5.75 Å². The summed E-state index contributed by atoms with van der Waals surface area (Å²) in [6.07, 6.45) is 3.09. The first-order valence-corrected chi connectivity index (χ1v) is 7.24. The van der Waals surface area contributed by atoms with E-state index in [2.05, 4.69) is 0 Å². The van der Waals surface area contributed by atoms with Gasteiger partial charge in [0.15, 0.2) is 0 Å². The third-order valence-electron chi connectivity index (χ3n) is 3.89. The molecule has 4 nitrogen and oxygen atoms in total. The Bertz CT molecular complexity index is 706. The molecule has 0 spiro atoms. The van der Waals surface area contributed by atoms with Crippen LogP contribution in [0.5, 0.6) is 5.75 Å². The van der Waals surface area contributed by atoms with Gasteiger partial charge in [0.25, 0.3) is 0 Å². The molecule has 0 radical (unpaired) electrons. The topological polar surface area (TPSA) is 66.4 Å². The Hall–Kier alpha value is -2.62. The van der Waals surface area contributed by atoms with E-state index < -0.39 is 17.9 Å². The quantitative estimate of drug-likeness (QED) is 0.488. The summed E-state index contributed by atoms with van der Waals surface area (Å²) in [7, 11) is 0. The molecule has 1 aliphatic carbocycles. The Morgan fingerprint density at radius 2 is 1.73 bits per heavy atom. The molecule has 2 aromatic carbocycles. The van der Waals surface area contributed by atoms with Crippen molar-refractivity contribution in [1.29, 1.82) is 0 Å². The Balaban J connectivity index is 1.81. The first-order chi connectivity index (χ1) is 10.6. The number of aryl methyl sites for hydroxylation is 2. The van der Waals surface area contributed by atoms with Crippen LogP contribution in [0, 0.1) is 0 Å². The molecule has 0 saturated heterocycles. The number of carboxylic acid groups (broad SMARTS) is 1. The number of hydrogen-bond acceptors (Lipinski definition) is 4. The molecule has 0 amide bonds. The average Bonchev–Trinajstić information content (AvgIpc) is 2.95. The second-order valence-electron chi connectivity index (χ2n) is 5.37. The normalized spacial score (nSPS) is 14.2. The molecule has 112 valence electrons. The van der Waals surface area contributed by atoms with Crippen LogP contribution in [0.1, 0.15) is 29.0 Å². The van der Waals surface area contributed by atoms with Crippen molar-refractivity contribution in [2.45, 2.75) is 25.2 Å². The van der Waals surface area contributed by atoms with Gasteiger partial charge in [0.05, 0.1) is 5.97 Å². The van der Waals surface area contributed by atoms with Crippen molar-refractivity contribution in [2.24, 2.45) is 0 Å². The summed E-state index contributed by atoms with van der Waals surface area (Å²) in [6, 6.07) is 13.7. The molecular formula is C18H15O4-. The Kier molecular flexibility index (Phi) is 3.92. The molecule has 1 atom stereocenters. The zero-order valence-electron chi connectivity index (χ0n) is 12.0. The van der Waals surface area contributed by atoms with Crippen LogP contribution >= 0.6 is 0 Å². The van der Waals surface area contributed by atoms with E-state index in [1.54, 1.807) is 36.4 Å². The molecule has 22 heavy (non-hydrogen) atoms. The maximum atomic E-state index is 12.2. The molecule has 2 aromatic rings. The molecule has 0 N–H and O–H groups in total. The van der Waals surface area contributed by atoms with Crippen molar-refractivity contribution >= 4 is 11.9 Å². The van der Waals surface area contributed by atoms with E-state index in [9.17, 15) is 14.7 Å². The second kappa shape index (κ2) is 6.02. The lowest BCUT2D eigenvalue weighted by atomic mass is 9.99. The number of esters is 1. The van der Waals surface area contributed by atoms with Gasteiger partial charge in [-0.05, 0) is 48.1 Å². The summed E-state index contributed by atoms with van der Waals surface area (Å²) in [6.45, 7) is 0. The number of carbonyl (C=O) groups excluding carboxylic acids is 2. The minimum Gasteiger partial charge on any atom is -0.549 e. The molecule has 0 bridgehead atoms. The average molecular weight is 295 g/mol. The number of carbonyl (C=O) groups is 2. The van der Waals surface area contributed by atoms with Crippen LogP contribution in [0.2, 0.25) is 0 Å². The maximum Gasteiger partial charge on any atom is 0.324 e. The fourth-order valence-corrected chi connectivity index (χ4v) is 2.80. The van der Waals surface area contributed by atoms with E-state index in [0.717, 1.165) is 24.8 Å². The molecule has 4 heteroatoms. The second-order valence-corrected chi connectivity index (χ2v) is 5.37. The van der Waals surface area contributed by atoms with Gasteiger partial charge in [-0.2, -0.15) is 0 Å². The molecule has 1 unspecified atom stereocenters. The highest BCUT2D eigenvalue weighted by Crippen LogP contribution is 2.27. The van der Waals surface area contributed by atoms with Gasteiger partial charge in [0.2, 0.25) is 0 Å². The molecule has 0 aromatic heterocycles. The Morgan fingerprint density at radius 1 is 1.00 bits per heavy atom. The molecule has 1 aliphatic rings. The number of benzene rings is 2. The standard InChI is InChI=1S/C18H16O4/c19-17(20)16(13-5-2-1-3-6-13)18(21)22-15-10-9-12-7-4-8-14(12)11-15/h1-3,5-6,9-11,16H,4,7-8H2,(H,19,20)/p-1. The highest BCUT2D eigenvalue weighted by Gasteiger charge is 2.24. The van der Waals surface area contributed by atoms with Crippen LogP contribution in [0.3, 0.4) is 0 Å². The summed E-state index contributed by atoms with van der Waals surface area (Å²) in [5, 5.41) is 11.3. The van der Waals surface area contributed by atoms with Crippen molar-refractivity contribution in [2.75, 3.05) is 0 Å². The lowest BCUT2D eigenvalue weighted by Crippen LogP contribution is -2.36. The van der Waals surface area contributed by atoms with Gasteiger partial charge in [-0.25, -0.2) is 0 Å². The number of aliphatic carboxylic acids is 1. The lowest BCUT2D eigenvalue weighted by Gasteiger charge is -2.17. The SMILES string of the molecule is O=C([O-])C(C(=O)Oc1ccc2c(c1)CCC2)c1ccccc1.